The lowest BCUT2D eigenvalue weighted by Crippen LogP contribution is -2.63. The van der Waals surface area contributed by atoms with Gasteiger partial charge in [0.1, 0.15) is 18.8 Å². The molecule has 0 aromatic carbocycles. The summed E-state index contributed by atoms with van der Waals surface area (Å²) < 4.78 is 26.8. The average Bonchev–Trinajstić information content (AvgIpc) is 2.47. The Balaban J connectivity index is 3.27. The van der Waals surface area contributed by atoms with Crippen molar-refractivity contribution in [3.05, 3.63) is 0 Å². The number of carbonyl (C=O) groups is 4. The smallest absolute Gasteiger partial charge is 0.303 e. The van der Waals surface area contributed by atoms with Gasteiger partial charge in [-0.15, -0.1) is 0 Å². The molecule has 5 atom stereocenters. The van der Waals surface area contributed by atoms with Gasteiger partial charge >= 0.3 is 23.9 Å². The van der Waals surface area contributed by atoms with E-state index in [9.17, 15) is 19.2 Å². The Bertz CT molecular complexity index is 542. The van der Waals surface area contributed by atoms with Crippen LogP contribution in [0.3, 0.4) is 0 Å². The second kappa shape index (κ2) is 9.51. The first-order valence-corrected chi connectivity index (χ1v) is 8.33. The van der Waals surface area contributed by atoms with Crippen LogP contribution in [-0.4, -0.2) is 61.0 Å². The van der Waals surface area contributed by atoms with E-state index in [2.05, 4.69) is 0 Å². The van der Waals surface area contributed by atoms with Crippen molar-refractivity contribution in [2.24, 2.45) is 5.92 Å². The first-order valence-electron chi connectivity index (χ1n) is 8.33. The van der Waals surface area contributed by atoms with Crippen LogP contribution in [0.2, 0.25) is 0 Å². The molecule has 26 heavy (non-hydrogen) atoms. The number of esters is 4. The van der Waals surface area contributed by atoms with Crippen LogP contribution in [0.25, 0.3) is 0 Å². The highest BCUT2D eigenvalue weighted by Crippen LogP contribution is 2.32. The lowest BCUT2D eigenvalue weighted by molar-refractivity contribution is -0.258. The van der Waals surface area contributed by atoms with Gasteiger partial charge in [-0.25, -0.2) is 0 Å². The summed E-state index contributed by atoms with van der Waals surface area (Å²) in [5.41, 5.74) is 0. The molecule has 0 amide bonds. The molecule has 9 heteroatoms. The minimum atomic E-state index is -1.10. The van der Waals surface area contributed by atoms with Gasteiger partial charge in [0.05, 0.1) is 0 Å². The first kappa shape index (κ1) is 21.9. The number of carbonyl (C=O) groups excluding carboxylic acids is 4. The van der Waals surface area contributed by atoms with Crippen LogP contribution in [0.15, 0.2) is 0 Å². The third-order valence-electron chi connectivity index (χ3n) is 3.68. The first-order chi connectivity index (χ1) is 12.0. The summed E-state index contributed by atoms with van der Waals surface area (Å²) >= 11 is 0. The highest BCUT2D eigenvalue weighted by molar-refractivity contribution is 5.68. The Morgan fingerprint density at radius 1 is 0.769 bits per heavy atom. The predicted octanol–water partition coefficient (Wildman–Crippen LogP) is 0.768. The fourth-order valence-electron chi connectivity index (χ4n) is 2.80. The molecule has 148 valence electrons. The van der Waals surface area contributed by atoms with E-state index in [1.807, 2.05) is 13.8 Å². The lowest BCUT2D eigenvalue weighted by Gasteiger charge is -2.45. The summed E-state index contributed by atoms with van der Waals surface area (Å²) in [5, 5.41) is 0. The topological polar surface area (TPSA) is 114 Å². The molecule has 1 aliphatic heterocycles. The standard InChI is InChI=1S/C17H26O9/c1-8(2)14-16(24-11(5)20)17(25-12(6)21)15(23-10(4)19)13(26-14)7-22-9(3)18/h8,13-17H,7H2,1-6H3/t13?,14-,15+,16?,17?/m0/s1. The van der Waals surface area contributed by atoms with E-state index >= 15 is 0 Å². The average molecular weight is 374 g/mol. The molecule has 0 aromatic rings. The highest BCUT2D eigenvalue weighted by Gasteiger charge is 2.52. The Hall–Kier alpha value is -2.16. The second-order valence-electron chi connectivity index (χ2n) is 6.41. The van der Waals surface area contributed by atoms with Gasteiger partial charge in [0.15, 0.2) is 18.3 Å². The molecule has 9 nitrogen and oxygen atoms in total. The third kappa shape index (κ3) is 6.29. The van der Waals surface area contributed by atoms with E-state index in [1.54, 1.807) is 0 Å². The lowest BCUT2D eigenvalue weighted by atomic mass is 9.89. The molecule has 0 radical (unpaired) electrons. The summed E-state index contributed by atoms with van der Waals surface area (Å²) in [4.78, 5) is 45.8. The Morgan fingerprint density at radius 3 is 1.65 bits per heavy atom. The van der Waals surface area contributed by atoms with Crippen molar-refractivity contribution in [3.8, 4) is 0 Å². The SMILES string of the molecule is CC(=O)OCC1O[C@@H](C(C)C)C(OC(C)=O)C(OC(C)=O)[C@@H]1OC(C)=O. The van der Waals surface area contributed by atoms with Gasteiger partial charge in [-0.3, -0.25) is 19.2 Å². The zero-order valence-electron chi connectivity index (χ0n) is 15.8. The summed E-state index contributed by atoms with van der Waals surface area (Å²) in [6.07, 6.45) is -4.71. The summed E-state index contributed by atoms with van der Waals surface area (Å²) in [7, 11) is 0. The maximum absolute atomic E-state index is 11.6. The van der Waals surface area contributed by atoms with Gasteiger partial charge in [-0.2, -0.15) is 0 Å². The molecule has 3 unspecified atom stereocenters. The summed E-state index contributed by atoms with van der Waals surface area (Å²) in [6.45, 7) is 8.28. The minimum Gasteiger partial charge on any atom is -0.463 e. The van der Waals surface area contributed by atoms with Crippen LogP contribution in [0.5, 0.6) is 0 Å². The molecule has 0 aliphatic carbocycles. The molecular formula is C17H26O9. The predicted molar refractivity (Wildman–Crippen MR) is 86.8 cm³/mol. The molecule has 1 aliphatic rings. The summed E-state index contributed by atoms with van der Waals surface area (Å²) in [6, 6.07) is 0. The van der Waals surface area contributed by atoms with Gasteiger partial charge in [0, 0.05) is 27.7 Å². The van der Waals surface area contributed by atoms with Gasteiger partial charge in [0.2, 0.25) is 0 Å². The highest BCUT2D eigenvalue weighted by atomic mass is 16.7. The van der Waals surface area contributed by atoms with E-state index in [1.165, 1.54) is 27.7 Å². The van der Waals surface area contributed by atoms with E-state index in [4.69, 9.17) is 23.7 Å². The van der Waals surface area contributed by atoms with Crippen LogP contribution in [0.1, 0.15) is 41.5 Å². The third-order valence-corrected chi connectivity index (χ3v) is 3.68. The van der Waals surface area contributed by atoms with E-state index in [-0.39, 0.29) is 12.5 Å². The monoisotopic (exact) mass is 374 g/mol. The van der Waals surface area contributed by atoms with Crippen molar-refractivity contribution < 1.29 is 42.9 Å². The Morgan fingerprint density at radius 2 is 1.23 bits per heavy atom. The fraction of sp³-hybridized carbons (Fsp3) is 0.765. The quantitative estimate of drug-likeness (QED) is 0.491. The molecule has 0 aromatic heterocycles. The largest absolute Gasteiger partial charge is 0.463 e. The van der Waals surface area contributed by atoms with Gasteiger partial charge in [-0.05, 0) is 5.92 Å². The molecule has 1 saturated heterocycles. The van der Waals surface area contributed by atoms with Crippen LogP contribution in [-0.2, 0) is 42.9 Å². The fourth-order valence-corrected chi connectivity index (χ4v) is 2.80. The molecule has 0 saturated carbocycles. The second-order valence-corrected chi connectivity index (χ2v) is 6.41. The summed E-state index contributed by atoms with van der Waals surface area (Å²) in [5.74, 6) is -2.55. The molecule has 1 fully saturated rings. The van der Waals surface area contributed by atoms with Crippen molar-refractivity contribution in [2.45, 2.75) is 72.1 Å². The molecular weight excluding hydrogens is 348 g/mol. The van der Waals surface area contributed by atoms with Crippen LogP contribution < -0.4 is 0 Å². The van der Waals surface area contributed by atoms with Gasteiger partial charge < -0.3 is 23.7 Å². The van der Waals surface area contributed by atoms with E-state index < -0.39 is 54.4 Å². The van der Waals surface area contributed by atoms with Gasteiger partial charge in [-0.1, -0.05) is 13.8 Å². The molecule has 0 N–H and O–H groups in total. The van der Waals surface area contributed by atoms with Crippen molar-refractivity contribution in [2.75, 3.05) is 6.61 Å². The van der Waals surface area contributed by atoms with Crippen LogP contribution in [0.4, 0.5) is 0 Å². The Kier molecular flexibility index (Phi) is 8.01. The van der Waals surface area contributed by atoms with Crippen LogP contribution in [0, 0.1) is 5.92 Å². The van der Waals surface area contributed by atoms with E-state index in [0.717, 1.165) is 0 Å². The van der Waals surface area contributed by atoms with Crippen LogP contribution >= 0.6 is 0 Å². The van der Waals surface area contributed by atoms with Crippen molar-refractivity contribution in [1.29, 1.82) is 0 Å². The van der Waals surface area contributed by atoms with E-state index in [0.29, 0.717) is 0 Å². The Labute approximate surface area is 152 Å². The molecule has 0 bridgehead atoms. The number of hydrogen-bond acceptors (Lipinski definition) is 9. The van der Waals surface area contributed by atoms with Gasteiger partial charge in [0.25, 0.3) is 0 Å². The maximum Gasteiger partial charge on any atom is 0.303 e. The number of ether oxygens (including phenoxy) is 5. The number of rotatable bonds is 6. The molecule has 0 spiro atoms. The van der Waals surface area contributed by atoms with Crippen molar-refractivity contribution >= 4 is 23.9 Å². The number of hydrogen-bond donors (Lipinski definition) is 0. The zero-order chi connectivity index (χ0) is 20.0. The molecule has 1 rings (SSSR count). The maximum atomic E-state index is 11.6. The van der Waals surface area contributed by atoms with Crippen molar-refractivity contribution in [1.82, 2.24) is 0 Å². The normalized spacial score (nSPS) is 28.2. The zero-order valence-corrected chi connectivity index (χ0v) is 15.8. The van der Waals surface area contributed by atoms with Crippen molar-refractivity contribution in [3.63, 3.8) is 0 Å². The molecule has 1 heterocycles. The minimum absolute atomic E-state index is 0.129.